The predicted octanol–water partition coefficient (Wildman–Crippen LogP) is 3.01. The quantitative estimate of drug-likeness (QED) is 0.873. The average Bonchev–Trinajstić information content (AvgIpc) is 3.05. The number of nitrogens with one attached hydrogen (secondary N) is 1. The molecule has 2 atom stereocenters. The van der Waals surface area contributed by atoms with Gasteiger partial charge in [0.25, 0.3) is 0 Å². The van der Waals surface area contributed by atoms with Crippen LogP contribution in [-0.2, 0) is 0 Å². The molecule has 0 aliphatic carbocycles. The van der Waals surface area contributed by atoms with Crippen LogP contribution in [-0.4, -0.2) is 16.0 Å². The molecule has 0 saturated heterocycles. The average molecular weight is 282 g/mol. The summed E-state index contributed by atoms with van der Waals surface area (Å²) in [6, 6.07) is 2.61. The van der Waals surface area contributed by atoms with E-state index in [-0.39, 0.29) is 17.8 Å². The number of halogens is 3. The van der Waals surface area contributed by atoms with E-state index in [1.54, 1.807) is 12.1 Å². The number of hydrogen-bond donors (Lipinski definition) is 1. The summed E-state index contributed by atoms with van der Waals surface area (Å²) >= 11 is 0. The van der Waals surface area contributed by atoms with Gasteiger partial charge in [-0.15, -0.1) is 0 Å². The van der Waals surface area contributed by atoms with Crippen LogP contribution in [0.2, 0.25) is 0 Å². The zero-order valence-electron chi connectivity index (χ0n) is 10.1. The number of nitrogens with zero attached hydrogens (tertiary/aromatic N) is 3. The first-order chi connectivity index (χ1) is 9.50. The van der Waals surface area contributed by atoms with Crippen LogP contribution in [0.3, 0.4) is 0 Å². The minimum atomic E-state index is -4.44. The Labute approximate surface area is 111 Å². The summed E-state index contributed by atoms with van der Waals surface area (Å²) in [6.07, 6.45) is -2.15. The molecule has 0 spiro atoms. The molecule has 0 radical (unpaired) electrons. The van der Waals surface area contributed by atoms with Gasteiger partial charge in [-0.1, -0.05) is 0 Å². The molecule has 2 aromatic heterocycles. The molecule has 0 fully saturated rings. The van der Waals surface area contributed by atoms with Crippen LogP contribution in [0.5, 0.6) is 0 Å². The first-order valence-electron chi connectivity index (χ1n) is 5.85. The summed E-state index contributed by atoms with van der Waals surface area (Å²) in [5.41, 5.74) is 0.0792. The lowest BCUT2D eigenvalue weighted by atomic mass is 10.0. The predicted molar refractivity (Wildman–Crippen MR) is 61.7 cm³/mol. The van der Waals surface area contributed by atoms with Gasteiger partial charge in [-0.25, -0.2) is 4.68 Å². The number of furan rings is 1. The van der Waals surface area contributed by atoms with Crippen LogP contribution in [0.1, 0.15) is 29.8 Å². The summed E-state index contributed by atoms with van der Waals surface area (Å²) in [7, 11) is 0. The zero-order valence-corrected chi connectivity index (χ0v) is 10.1. The molecule has 0 saturated carbocycles. The highest BCUT2D eigenvalue weighted by Gasteiger charge is 2.47. The minimum absolute atomic E-state index is 0.0717. The van der Waals surface area contributed by atoms with Crippen molar-refractivity contribution in [2.24, 2.45) is 0 Å². The van der Waals surface area contributed by atoms with Crippen molar-refractivity contribution in [3.8, 4) is 6.07 Å². The Morgan fingerprint density at radius 2 is 2.30 bits per heavy atom. The highest BCUT2D eigenvalue weighted by molar-refractivity contribution is 5.54. The van der Waals surface area contributed by atoms with Crippen molar-refractivity contribution in [2.45, 2.75) is 24.7 Å². The summed E-state index contributed by atoms with van der Waals surface area (Å²) in [4.78, 5) is 0. The van der Waals surface area contributed by atoms with Gasteiger partial charge >= 0.3 is 6.18 Å². The highest BCUT2D eigenvalue weighted by atomic mass is 19.4. The third-order valence-electron chi connectivity index (χ3n) is 3.25. The van der Waals surface area contributed by atoms with E-state index in [4.69, 9.17) is 9.68 Å². The lowest BCUT2D eigenvalue weighted by Crippen LogP contribution is -2.35. The second kappa shape index (κ2) is 4.30. The minimum Gasteiger partial charge on any atom is -0.467 e. The molecule has 0 bridgehead atoms. The standard InChI is InChI=1S/C12H9F3N4O/c13-12(14,15)10-4-8(9-2-1-3-20-9)18-11-7(5-16)6-17-19(10)11/h1-3,6,8,10,18H,4H2/t8-,10+/m1/s1. The van der Waals surface area contributed by atoms with Crippen molar-refractivity contribution >= 4 is 5.82 Å². The van der Waals surface area contributed by atoms with Crippen LogP contribution in [0, 0.1) is 11.3 Å². The maximum Gasteiger partial charge on any atom is 0.410 e. The molecule has 3 heterocycles. The maximum absolute atomic E-state index is 13.1. The van der Waals surface area contributed by atoms with Crippen molar-refractivity contribution in [1.29, 1.82) is 5.26 Å². The Morgan fingerprint density at radius 3 is 2.90 bits per heavy atom. The van der Waals surface area contributed by atoms with E-state index in [1.807, 2.05) is 6.07 Å². The van der Waals surface area contributed by atoms with Gasteiger partial charge in [0.1, 0.15) is 23.2 Å². The van der Waals surface area contributed by atoms with Gasteiger partial charge in [0.05, 0.1) is 18.5 Å². The molecule has 0 amide bonds. The van der Waals surface area contributed by atoms with Crippen LogP contribution in [0.25, 0.3) is 0 Å². The molecular weight excluding hydrogens is 273 g/mol. The number of hydrogen-bond acceptors (Lipinski definition) is 4. The van der Waals surface area contributed by atoms with Crippen molar-refractivity contribution in [1.82, 2.24) is 9.78 Å². The summed E-state index contributed by atoms with van der Waals surface area (Å²) < 4.78 is 45.4. The van der Waals surface area contributed by atoms with Gasteiger partial charge in [0.15, 0.2) is 6.04 Å². The van der Waals surface area contributed by atoms with Crippen molar-refractivity contribution < 1.29 is 17.6 Å². The number of alkyl halides is 3. The van der Waals surface area contributed by atoms with Gasteiger partial charge < -0.3 is 9.73 Å². The van der Waals surface area contributed by atoms with Gasteiger partial charge in [0, 0.05) is 6.42 Å². The Hall–Kier alpha value is -2.43. The Bertz CT molecular complexity index is 653. The van der Waals surface area contributed by atoms with Crippen LogP contribution in [0.4, 0.5) is 19.0 Å². The summed E-state index contributed by atoms with van der Waals surface area (Å²) in [6.45, 7) is 0. The van der Waals surface area contributed by atoms with E-state index in [9.17, 15) is 13.2 Å². The van der Waals surface area contributed by atoms with E-state index in [0.29, 0.717) is 5.76 Å². The third-order valence-corrected chi connectivity index (χ3v) is 3.25. The van der Waals surface area contributed by atoms with E-state index in [1.165, 1.54) is 6.26 Å². The first-order valence-corrected chi connectivity index (χ1v) is 5.85. The Kier molecular flexibility index (Phi) is 2.71. The van der Waals surface area contributed by atoms with Crippen LogP contribution >= 0.6 is 0 Å². The second-order valence-electron chi connectivity index (χ2n) is 4.47. The fourth-order valence-electron chi connectivity index (χ4n) is 2.32. The zero-order chi connectivity index (χ0) is 14.3. The molecule has 1 N–H and O–H groups in total. The molecule has 2 aromatic rings. The van der Waals surface area contributed by atoms with Gasteiger partial charge in [-0.3, -0.25) is 0 Å². The number of aromatic nitrogens is 2. The largest absolute Gasteiger partial charge is 0.467 e. The Balaban J connectivity index is 2.06. The number of rotatable bonds is 1. The number of anilines is 1. The lowest BCUT2D eigenvalue weighted by Gasteiger charge is -2.32. The molecule has 104 valence electrons. The first kappa shape index (κ1) is 12.6. The monoisotopic (exact) mass is 282 g/mol. The van der Waals surface area contributed by atoms with Crippen LogP contribution in [0.15, 0.2) is 29.0 Å². The van der Waals surface area contributed by atoms with E-state index in [2.05, 4.69) is 10.4 Å². The number of fused-ring (bicyclic) bond motifs is 1. The van der Waals surface area contributed by atoms with Crippen molar-refractivity contribution in [2.75, 3.05) is 5.32 Å². The van der Waals surface area contributed by atoms with Gasteiger partial charge in [0.2, 0.25) is 0 Å². The lowest BCUT2D eigenvalue weighted by molar-refractivity contribution is -0.174. The molecule has 5 nitrogen and oxygen atoms in total. The Morgan fingerprint density at radius 1 is 1.50 bits per heavy atom. The van der Waals surface area contributed by atoms with E-state index >= 15 is 0 Å². The molecule has 1 aliphatic heterocycles. The molecule has 0 aromatic carbocycles. The topological polar surface area (TPSA) is 66.8 Å². The second-order valence-corrected chi connectivity index (χ2v) is 4.47. The van der Waals surface area contributed by atoms with E-state index in [0.717, 1.165) is 10.9 Å². The third kappa shape index (κ3) is 1.91. The maximum atomic E-state index is 13.1. The molecule has 20 heavy (non-hydrogen) atoms. The van der Waals surface area contributed by atoms with Gasteiger partial charge in [-0.2, -0.15) is 23.5 Å². The normalized spacial score (nSPS) is 21.9. The van der Waals surface area contributed by atoms with Gasteiger partial charge in [-0.05, 0) is 12.1 Å². The molecular formula is C12H9F3N4O. The highest BCUT2D eigenvalue weighted by Crippen LogP contribution is 2.44. The molecule has 8 heteroatoms. The van der Waals surface area contributed by atoms with Crippen molar-refractivity contribution in [3.05, 3.63) is 35.9 Å². The summed E-state index contributed by atoms with van der Waals surface area (Å²) in [5.74, 6) is 0.470. The molecule has 1 aliphatic rings. The molecule has 3 rings (SSSR count). The molecule has 0 unspecified atom stereocenters. The smallest absolute Gasteiger partial charge is 0.410 e. The SMILES string of the molecule is N#Cc1cnn2c1N[C@@H](c1ccco1)C[C@H]2C(F)(F)F. The van der Waals surface area contributed by atoms with E-state index < -0.39 is 18.3 Å². The summed E-state index contributed by atoms with van der Waals surface area (Å²) in [5, 5.41) is 15.5. The van der Waals surface area contributed by atoms with Crippen LogP contribution < -0.4 is 5.32 Å². The fourth-order valence-corrected chi connectivity index (χ4v) is 2.32. The van der Waals surface area contributed by atoms with Crippen molar-refractivity contribution in [3.63, 3.8) is 0 Å². The fraction of sp³-hybridized carbons (Fsp3) is 0.333. The number of nitriles is 1.